The van der Waals surface area contributed by atoms with Crippen LogP contribution in [0.4, 0.5) is 4.39 Å². The van der Waals surface area contributed by atoms with Crippen molar-refractivity contribution in [2.75, 3.05) is 7.05 Å². The number of hydrogen-bond donors (Lipinski definition) is 1. The lowest BCUT2D eigenvalue weighted by Crippen LogP contribution is -2.07. The van der Waals surface area contributed by atoms with Crippen molar-refractivity contribution in [2.24, 2.45) is 7.05 Å². The van der Waals surface area contributed by atoms with Gasteiger partial charge in [0.2, 0.25) is 5.88 Å². The minimum atomic E-state index is -0.405. The maximum atomic E-state index is 13.7. The van der Waals surface area contributed by atoms with Crippen molar-refractivity contribution >= 4 is 15.9 Å². The molecule has 0 spiro atoms. The summed E-state index contributed by atoms with van der Waals surface area (Å²) in [5.74, 6) is 0.316. The van der Waals surface area contributed by atoms with Crippen LogP contribution in [0.15, 0.2) is 22.7 Å². The van der Waals surface area contributed by atoms with Gasteiger partial charge in [0, 0.05) is 18.1 Å². The Balaban J connectivity index is 2.40. The molecule has 1 N–H and O–H groups in total. The van der Waals surface area contributed by atoms with E-state index in [1.165, 1.54) is 6.07 Å². The third-order valence-electron chi connectivity index (χ3n) is 2.74. The minimum Gasteiger partial charge on any atom is -0.436 e. The molecule has 0 aliphatic rings. The van der Waals surface area contributed by atoms with Gasteiger partial charge < -0.3 is 10.1 Å². The summed E-state index contributed by atoms with van der Waals surface area (Å²) in [5.41, 5.74) is 1.78. The molecule has 1 aromatic carbocycles. The number of aromatic nitrogens is 2. The van der Waals surface area contributed by atoms with Gasteiger partial charge in [-0.2, -0.15) is 5.10 Å². The van der Waals surface area contributed by atoms with Crippen molar-refractivity contribution in [3.8, 4) is 11.6 Å². The van der Waals surface area contributed by atoms with Gasteiger partial charge in [0.25, 0.3) is 0 Å². The Morgan fingerprint density at radius 2 is 2.21 bits per heavy atom. The molecule has 2 rings (SSSR count). The van der Waals surface area contributed by atoms with E-state index < -0.39 is 5.82 Å². The third-order valence-corrected chi connectivity index (χ3v) is 3.24. The summed E-state index contributed by atoms with van der Waals surface area (Å²) >= 11 is 3.30. The van der Waals surface area contributed by atoms with Crippen molar-refractivity contribution in [3.05, 3.63) is 39.7 Å². The van der Waals surface area contributed by atoms with E-state index in [0.717, 1.165) is 15.7 Å². The maximum Gasteiger partial charge on any atom is 0.222 e. The molecule has 0 aliphatic heterocycles. The molecule has 0 atom stereocenters. The monoisotopic (exact) mass is 327 g/mol. The van der Waals surface area contributed by atoms with E-state index in [4.69, 9.17) is 4.74 Å². The number of aryl methyl sites for hydroxylation is 2. The van der Waals surface area contributed by atoms with Crippen molar-refractivity contribution in [1.29, 1.82) is 0 Å². The quantitative estimate of drug-likeness (QED) is 0.937. The number of halogens is 2. The number of hydrogen-bond acceptors (Lipinski definition) is 3. The van der Waals surface area contributed by atoms with Crippen molar-refractivity contribution in [3.63, 3.8) is 0 Å². The molecule has 1 heterocycles. The Bertz CT molecular complexity index is 598. The van der Waals surface area contributed by atoms with Crippen LogP contribution in [0.2, 0.25) is 0 Å². The molecular weight excluding hydrogens is 313 g/mol. The Morgan fingerprint density at radius 3 is 2.89 bits per heavy atom. The molecule has 0 fully saturated rings. The van der Waals surface area contributed by atoms with Crippen LogP contribution < -0.4 is 10.1 Å². The first-order valence-corrected chi connectivity index (χ1v) is 6.62. The molecule has 0 saturated carbocycles. The van der Waals surface area contributed by atoms with E-state index in [-0.39, 0.29) is 5.75 Å². The zero-order valence-electron chi connectivity index (χ0n) is 11.0. The van der Waals surface area contributed by atoms with E-state index >= 15 is 0 Å². The lowest BCUT2D eigenvalue weighted by molar-refractivity contribution is 0.398. The molecular formula is C13H15BrFN3O. The summed E-state index contributed by atoms with van der Waals surface area (Å²) in [5, 5.41) is 7.35. The number of ether oxygens (including phenoxy) is 1. The van der Waals surface area contributed by atoms with E-state index in [0.29, 0.717) is 12.4 Å². The van der Waals surface area contributed by atoms with E-state index in [9.17, 15) is 4.39 Å². The fraction of sp³-hybridized carbons (Fsp3) is 0.308. The highest BCUT2D eigenvalue weighted by molar-refractivity contribution is 9.10. The molecule has 19 heavy (non-hydrogen) atoms. The minimum absolute atomic E-state index is 0.176. The molecule has 0 saturated heterocycles. The molecule has 2 aromatic rings. The second-order valence-electron chi connectivity index (χ2n) is 4.20. The predicted octanol–water partition coefficient (Wildman–Crippen LogP) is 3.14. The van der Waals surface area contributed by atoms with Gasteiger partial charge in [0.15, 0.2) is 11.6 Å². The van der Waals surface area contributed by atoms with Crippen LogP contribution in [0.25, 0.3) is 0 Å². The summed E-state index contributed by atoms with van der Waals surface area (Å²) in [6, 6.07) is 4.59. The van der Waals surface area contributed by atoms with Crippen molar-refractivity contribution in [2.45, 2.75) is 13.5 Å². The zero-order valence-corrected chi connectivity index (χ0v) is 12.6. The highest BCUT2D eigenvalue weighted by Crippen LogP contribution is 2.30. The second kappa shape index (κ2) is 5.71. The Hall–Kier alpha value is -1.40. The van der Waals surface area contributed by atoms with Gasteiger partial charge in [-0.3, -0.25) is 0 Å². The third kappa shape index (κ3) is 2.96. The summed E-state index contributed by atoms with van der Waals surface area (Å²) in [6.45, 7) is 2.52. The van der Waals surface area contributed by atoms with E-state index in [1.807, 2.05) is 14.0 Å². The summed E-state index contributed by atoms with van der Waals surface area (Å²) in [4.78, 5) is 0. The Labute approximate surface area is 119 Å². The second-order valence-corrected chi connectivity index (χ2v) is 5.12. The van der Waals surface area contributed by atoms with Crippen LogP contribution >= 0.6 is 15.9 Å². The highest BCUT2D eigenvalue weighted by atomic mass is 79.9. The first-order valence-electron chi connectivity index (χ1n) is 5.83. The molecule has 0 bridgehead atoms. The van der Waals surface area contributed by atoms with Gasteiger partial charge >= 0.3 is 0 Å². The fourth-order valence-electron chi connectivity index (χ4n) is 1.85. The van der Waals surface area contributed by atoms with E-state index in [2.05, 4.69) is 26.3 Å². The Morgan fingerprint density at radius 1 is 1.47 bits per heavy atom. The number of rotatable bonds is 4. The summed E-state index contributed by atoms with van der Waals surface area (Å²) in [7, 11) is 3.62. The summed E-state index contributed by atoms with van der Waals surface area (Å²) in [6.07, 6.45) is 0. The molecule has 102 valence electrons. The summed E-state index contributed by atoms with van der Waals surface area (Å²) < 4.78 is 21.8. The molecule has 0 radical (unpaired) electrons. The van der Waals surface area contributed by atoms with Crippen LogP contribution in [0.1, 0.15) is 11.3 Å². The van der Waals surface area contributed by atoms with Gasteiger partial charge in [-0.1, -0.05) is 15.9 Å². The fourth-order valence-corrected chi connectivity index (χ4v) is 2.19. The topological polar surface area (TPSA) is 39.1 Å². The SMILES string of the molecule is CNCc1c(C)nn(C)c1Oc1cc(Br)ccc1F. The number of benzene rings is 1. The number of nitrogens with zero attached hydrogens (tertiary/aromatic N) is 2. The average molecular weight is 328 g/mol. The van der Waals surface area contributed by atoms with Gasteiger partial charge in [0.1, 0.15) is 0 Å². The first kappa shape index (κ1) is 14.0. The standard InChI is InChI=1S/C13H15BrFN3O/c1-8-10(7-16-2)13(18(3)17-8)19-12-6-9(14)4-5-11(12)15/h4-6,16H,7H2,1-3H3. The van der Waals surface area contributed by atoms with Gasteiger partial charge in [-0.15, -0.1) is 0 Å². The average Bonchev–Trinajstić information content (AvgIpc) is 2.61. The normalized spacial score (nSPS) is 10.8. The lowest BCUT2D eigenvalue weighted by Gasteiger charge is -2.09. The molecule has 1 aromatic heterocycles. The molecule has 0 amide bonds. The van der Waals surface area contributed by atoms with Gasteiger partial charge in [0.05, 0.1) is 11.3 Å². The van der Waals surface area contributed by atoms with Crippen LogP contribution in [0.5, 0.6) is 11.6 Å². The highest BCUT2D eigenvalue weighted by Gasteiger charge is 2.16. The molecule has 4 nitrogen and oxygen atoms in total. The number of nitrogens with one attached hydrogen (secondary N) is 1. The first-order chi connectivity index (χ1) is 9.02. The van der Waals surface area contributed by atoms with Gasteiger partial charge in [-0.05, 0) is 32.2 Å². The van der Waals surface area contributed by atoms with Crippen LogP contribution in [-0.4, -0.2) is 16.8 Å². The predicted molar refractivity (Wildman–Crippen MR) is 74.9 cm³/mol. The largest absolute Gasteiger partial charge is 0.436 e. The van der Waals surface area contributed by atoms with Crippen molar-refractivity contribution < 1.29 is 9.13 Å². The Kier molecular flexibility index (Phi) is 4.21. The van der Waals surface area contributed by atoms with Crippen LogP contribution in [0, 0.1) is 12.7 Å². The zero-order chi connectivity index (χ0) is 14.0. The van der Waals surface area contributed by atoms with Crippen LogP contribution in [-0.2, 0) is 13.6 Å². The van der Waals surface area contributed by atoms with Crippen molar-refractivity contribution in [1.82, 2.24) is 15.1 Å². The molecule has 0 aliphatic carbocycles. The van der Waals surface area contributed by atoms with E-state index in [1.54, 1.807) is 23.9 Å². The van der Waals surface area contributed by atoms with Gasteiger partial charge in [-0.25, -0.2) is 9.07 Å². The molecule has 6 heteroatoms. The lowest BCUT2D eigenvalue weighted by atomic mass is 10.2. The smallest absolute Gasteiger partial charge is 0.222 e. The van der Waals surface area contributed by atoms with Crippen LogP contribution in [0.3, 0.4) is 0 Å². The molecule has 0 unspecified atom stereocenters. The maximum absolute atomic E-state index is 13.7.